The molecule has 1 aliphatic carbocycles. The Kier molecular flexibility index (Phi) is 10.2. The van der Waals surface area contributed by atoms with Crippen LogP contribution in [-0.4, -0.2) is 50.4 Å². The Labute approximate surface area is 250 Å². The smallest absolute Gasteiger partial charge is 0.330 e. The monoisotopic (exact) mass is 590 g/mol. The van der Waals surface area contributed by atoms with Crippen LogP contribution >= 0.6 is 0 Å². The molecule has 1 saturated carbocycles. The number of halogens is 1. The number of allylic oxidation sites excluding steroid dienone is 1. The van der Waals surface area contributed by atoms with Gasteiger partial charge in [0.15, 0.2) is 0 Å². The molecular weight excluding hydrogens is 547 g/mol. The number of hydrogen-bond acceptors (Lipinski definition) is 5. The second-order valence-electron chi connectivity index (χ2n) is 12.2. The van der Waals surface area contributed by atoms with Crippen LogP contribution in [0.4, 0.5) is 4.39 Å². The van der Waals surface area contributed by atoms with Crippen molar-refractivity contribution in [3.8, 4) is 0 Å². The fraction of sp³-hybridized carbons (Fsp3) is 0.400. The Morgan fingerprint density at radius 1 is 1.00 bits per heavy atom. The molecule has 0 aromatic heterocycles. The molecule has 5 nitrogen and oxygen atoms in total. The zero-order valence-electron chi connectivity index (χ0n) is 25.0. The van der Waals surface area contributed by atoms with Crippen molar-refractivity contribution in [2.24, 2.45) is 11.8 Å². The van der Waals surface area contributed by atoms with Crippen molar-refractivity contribution in [1.82, 2.24) is 0 Å². The number of esters is 1. The van der Waals surface area contributed by atoms with Gasteiger partial charge in [0.2, 0.25) is 0 Å². The summed E-state index contributed by atoms with van der Waals surface area (Å²) in [5.74, 6) is -1.44. The summed E-state index contributed by atoms with van der Waals surface area (Å²) in [6.07, 6.45) is 3.08. The molecule has 0 heterocycles. The first-order chi connectivity index (χ1) is 20.1. The van der Waals surface area contributed by atoms with Crippen molar-refractivity contribution < 1.29 is 28.6 Å². The molecule has 1 aliphatic rings. The molecule has 4 rings (SSSR count). The van der Waals surface area contributed by atoms with Crippen molar-refractivity contribution in [2.75, 3.05) is 19.8 Å². The number of aliphatic hydroxyl groups is 2. The summed E-state index contributed by atoms with van der Waals surface area (Å²) in [5, 5.41) is 24.5. The van der Waals surface area contributed by atoms with E-state index in [9.17, 15) is 19.4 Å². The summed E-state index contributed by atoms with van der Waals surface area (Å²) in [5.41, 5.74) is -0.0843. The predicted molar refractivity (Wildman–Crippen MR) is 167 cm³/mol. The Balaban J connectivity index is 1.77. The SMILES string of the molecule is CCOC(=O)/C=C\C[C@H]1[C@H](CO[Si](c2ccccc2)(c2ccccc2)C(C)(C)C)[C@@H](O)C[C@]1(CO)c1ccc(F)cc1. The van der Waals surface area contributed by atoms with E-state index in [-0.39, 0.29) is 42.5 Å². The van der Waals surface area contributed by atoms with Gasteiger partial charge in [0.05, 0.1) is 19.3 Å². The Hall–Kier alpha value is -3.10. The van der Waals surface area contributed by atoms with Crippen LogP contribution in [0.1, 0.15) is 46.1 Å². The van der Waals surface area contributed by atoms with Crippen LogP contribution in [0.3, 0.4) is 0 Å². The minimum Gasteiger partial charge on any atom is -0.463 e. The fourth-order valence-electron chi connectivity index (χ4n) is 6.85. The van der Waals surface area contributed by atoms with Crippen molar-refractivity contribution in [3.63, 3.8) is 0 Å². The zero-order chi connectivity index (χ0) is 30.4. The molecule has 3 aromatic carbocycles. The third-order valence-electron chi connectivity index (χ3n) is 8.84. The summed E-state index contributed by atoms with van der Waals surface area (Å²) < 4.78 is 26.2. The molecule has 7 heteroatoms. The van der Waals surface area contributed by atoms with Crippen LogP contribution in [0.5, 0.6) is 0 Å². The third-order valence-corrected chi connectivity index (χ3v) is 13.8. The lowest BCUT2D eigenvalue weighted by molar-refractivity contribution is -0.137. The summed E-state index contributed by atoms with van der Waals surface area (Å²) in [7, 11) is -2.89. The number of benzene rings is 3. The first-order valence-corrected chi connectivity index (χ1v) is 16.6. The molecule has 42 heavy (non-hydrogen) atoms. The number of hydrogen-bond donors (Lipinski definition) is 2. The Morgan fingerprint density at radius 2 is 1.57 bits per heavy atom. The van der Waals surface area contributed by atoms with Gasteiger partial charge in [-0.05, 0) is 58.8 Å². The topological polar surface area (TPSA) is 76.0 Å². The third kappa shape index (κ3) is 6.30. The molecule has 2 N–H and O–H groups in total. The van der Waals surface area contributed by atoms with Gasteiger partial charge in [-0.15, -0.1) is 0 Å². The standard InChI is InChI=1S/C35H43FO5Si/c1-5-40-33(39)18-12-17-31-30(32(38)23-35(31,25-37)26-19-21-27(36)22-20-26)24-41-42(34(2,3)4,28-13-8-6-9-14-28)29-15-10-7-11-16-29/h6-16,18-22,30-32,37-38H,5,17,23-25H2,1-4H3/b18-12-/t30-,31-,32-,35-/m0/s1. The molecule has 0 bridgehead atoms. The van der Waals surface area contributed by atoms with Crippen LogP contribution in [0, 0.1) is 17.7 Å². The largest absolute Gasteiger partial charge is 0.463 e. The van der Waals surface area contributed by atoms with E-state index in [0.29, 0.717) is 12.8 Å². The van der Waals surface area contributed by atoms with Crippen molar-refractivity contribution in [3.05, 3.63) is 108 Å². The Bertz CT molecular complexity index is 1280. The summed E-state index contributed by atoms with van der Waals surface area (Å²) in [4.78, 5) is 12.1. The second kappa shape index (κ2) is 13.5. The Morgan fingerprint density at radius 3 is 2.07 bits per heavy atom. The maximum Gasteiger partial charge on any atom is 0.330 e. The van der Waals surface area contributed by atoms with E-state index in [1.54, 1.807) is 25.1 Å². The highest BCUT2D eigenvalue weighted by Gasteiger charge is 2.56. The summed E-state index contributed by atoms with van der Waals surface area (Å²) >= 11 is 0. The summed E-state index contributed by atoms with van der Waals surface area (Å²) in [6, 6.07) is 26.8. The quantitative estimate of drug-likeness (QED) is 0.184. The maximum atomic E-state index is 13.9. The van der Waals surface area contributed by atoms with Gasteiger partial charge in [-0.3, -0.25) is 0 Å². The molecule has 0 aliphatic heterocycles. The highest BCUT2D eigenvalue weighted by molar-refractivity contribution is 6.99. The van der Waals surface area contributed by atoms with Gasteiger partial charge < -0.3 is 19.4 Å². The number of carbonyl (C=O) groups is 1. The van der Waals surface area contributed by atoms with E-state index in [1.165, 1.54) is 18.2 Å². The molecule has 224 valence electrons. The van der Waals surface area contributed by atoms with Crippen molar-refractivity contribution in [2.45, 2.75) is 57.1 Å². The first-order valence-electron chi connectivity index (χ1n) is 14.7. The van der Waals surface area contributed by atoms with Crippen LogP contribution < -0.4 is 10.4 Å². The summed E-state index contributed by atoms with van der Waals surface area (Å²) in [6.45, 7) is 8.68. The average Bonchev–Trinajstić information content (AvgIpc) is 3.25. The van der Waals surface area contributed by atoms with Gasteiger partial charge in [0.1, 0.15) is 5.82 Å². The number of rotatable bonds is 11. The van der Waals surface area contributed by atoms with E-state index in [4.69, 9.17) is 9.16 Å². The van der Waals surface area contributed by atoms with E-state index in [1.807, 2.05) is 36.4 Å². The lowest BCUT2D eigenvalue weighted by Crippen LogP contribution is -2.67. The zero-order valence-corrected chi connectivity index (χ0v) is 26.0. The molecular formula is C35H43FO5Si. The minimum atomic E-state index is -2.89. The van der Waals surface area contributed by atoms with Gasteiger partial charge in [-0.1, -0.05) is 99.6 Å². The lowest BCUT2D eigenvalue weighted by Gasteiger charge is -2.44. The number of aliphatic hydroxyl groups excluding tert-OH is 2. The van der Waals surface area contributed by atoms with Gasteiger partial charge in [0.25, 0.3) is 8.32 Å². The fourth-order valence-corrected chi connectivity index (χ4v) is 11.5. The molecule has 0 spiro atoms. The molecule has 0 saturated heterocycles. The van der Waals surface area contributed by atoms with Crippen LogP contribution in [0.15, 0.2) is 97.1 Å². The van der Waals surface area contributed by atoms with Gasteiger partial charge >= 0.3 is 5.97 Å². The maximum absolute atomic E-state index is 13.9. The average molecular weight is 591 g/mol. The van der Waals surface area contributed by atoms with E-state index in [0.717, 1.165) is 15.9 Å². The highest BCUT2D eigenvalue weighted by Crippen LogP contribution is 2.51. The minimum absolute atomic E-state index is 0.233. The second-order valence-corrected chi connectivity index (χ2v) is 16.5. The van der Waals surface area contributed by atoms with E-state index in [2.05, 4.69) is 45.0 Å². The molecule has 0 unspecified atom stereocenters. The molecule has 0 radical (unpaired) electrons. The predicted octanol–water partition coefficient (Wildman–Crippen LogP) is 5.14. The normalized spacial score (nSPS) is 22.9. The molecule has 1 fully saturated rings. The van der Waals surface area contributed by atoms with Gasteiger partial charge in [0, 0.05) is 24.0 Å². The molecule has 0 amide bonds. The van der Waals surface area contributed by atoms with Gasteiger partial charge in [-0.2, -0.15) is 0 Å². The van der Waals surface area contributed by atoms with Crippen LogP contribution in [-0.2, 0) is 19.4 Å². The van der Waals surface area contributed by atoms with Crippen LogP contribution in [0.2, 0.25) is 5.04 Å². The van der Waals surface area contributed by atoms with Crippen molar-refractivity contribution >= 4 is 24.7 Å². The number of carbonyl (C=O) groups excluding carboxylic acids is 1. The van der Waals surface area contributed by atoms with E-state index >= 15 is 0 Å². The van der Waals surface area contributed by atoms with Crippen molar-refractivity contribution in [1.29, 1.82) is 0 Å². The number of ether oxygens (including phenoxy) is 1. The lowest BCUT2D eigenvalue weighted by atomic mass is 9.69. The van der Waals surface area contributed by atoms with E-state index < -0.39 is 25.8 Å². The molecule has 4 atom stereocenters. The molecule has 3 aromatic rings. The van der Waals surface area contributed by atoms with Crippen LogP contribution in [0.25, 0.3) is 0 Å². The highest BCUT2D eigenvalue weighted by atomic mass is 28.4. The first kappa shape index (κ1) is 31.8. The van der Waals surface area contributed by atoms with Gasteiger partial charge in [-0.25, -0.2) is 9.18 Å².